The maximum Gasteiger partial charge on any atom is 0.251 e. The summed E-state index contributed by atoms with van der Waals surface area (Å²) in [5, 5.41) is 6.31. The van der Waals surface area contributed by atoms with Crippen molar-refractivity contribution in [1.29, 1.82) is 0 Å². The van der Waals surface area contributed by atoms with Crippen LogP contribution < -0.4 is 4.57 Å². The van der Waals surface area contributed by atoms with Gasteiger partial charge in [0.1, 0.15) is 0 Å². The van der Waals surface area contributed by atoms with Gasteiger partial charge in [0.05, 0.1) is 11.0 Å². The fourth-order valence-electron chi connectivity index (χ4n) is 5.20. The maximum absolute atomic E-state index is 5.21. The van der Waals surface area contributed by atoms with Crippen LogP contribution >= 0.6 is 0 Å². The number of fused-ring (bicyclic) bond motifs is 12. The van der Waals surface area contributed by atoms with E-state index in [4.69, 9.17) is 4.98 Å². The molecule has 0 fully saturated rings. The molecule has 7 rings (SSSR count). The molecule has 2 aromatic heterocycles. The predicted octanol–water partition coefficient (Wildman–Crippen LogP) is 5.83. The number of imidazole rings is 1. The topological polar surface area (TPSA) is 21.7 Å². The lowest BCUT2D eigenvalue weighted by Gasteiger charge is -2.11. The van der Waals surface area contributed by atoms with Gasteiger partial charge in [0, 0.05) is 35.2 Å². The summed E-state index contributed by atoms with van der Waals surface area (Å²) in [6.45, 7) is 2.28. The fraction of sp³-hybridized carbons (Fsp3) is 0.0769. The van der Waals surface area contributed by atoms with E-state index >= 15 is 0 Å². The van der Waals surface area contributed by atoms with Gasteiger partial charge in [-0.2, -0.15) is 4.57 Å². The molecule has 0 saturated carbocycles. The van der Waals surface area contributed by atoms with Crippen molar-refractivity contribution in [3.8, 4) is 11.5 Å². The number of hydrogen-bond acceptors (Lipinski definition) is 1. The van der Waals surface area contributed by atoms with E-state index < -0.39 is 0 Å². The standard InChI is InChI=1S/C26H18N3/c1-16-28-22-13-7-2-8-17(22)14-15-23(28)26-27-24-20-11-5-3-9-18(20)19-10-4-6-12-21(19)25(24)29(16)26/h2-16H,1H3/q+1. The monoisotopic (exact) mass is 372 g/mol. The number of nitrogens with zero attached hydrogens (tertiary/aromatic N) is 3. The van der Waals surface area contributed by atoms with Crippen molar-refractivity contribution in [1.82, 2.24) is 9.55 Å². The molecule has 0 saturated heterocycles. The van der Waals surface area contributed by atoms with Crippen LogP contribution in [0.2, 0.25) is 0 Å². The third-order valence-corrected chi connectivity index (χ3v) is 6.42. The molecule has 0 N–H and O–H groups in total. The zero-order chi connectivity index (χ0) is 19.1. The molecule has 0 bridgehead atoms. The summed E-state index contributed by atoms with van der Waals surface area (Å²) in [5.74, 6) is 1.06. The second-order valence-corrected chi connectivity index (χ2v) is 7.87. The summed E-state index contributed by atoms with van der Waals surface area (Å²) in [6.07, 6.45) is 0.167. The average Bonchev–Trinajstić information content (AvgIpc) is 3.30. The van der Waals surface area contributed by atoms with Crippen LogP contribution in [-0.4, -0.2) is 9.55 Å². The molecular weight excluding hydrogens is 354 g/mol. The Morgan fingerprint density at radius 3 is 2.21 bits per heavy atom. The number of rotatable bonds is 0. The Labute approximate surface area is 167 Å². The van der Waals surface area contributed by atoms with Crippen molar-refractivity contribution >= 4 is 43.5 Å². The largest absolute Gasteiger partial charge is 0.259 e. The Kier molecular flexibility index (Phi) is 2.73. The molecule has 0 amide bonds. The van der Waals surface area contributed by atoms with Crippen molar-refractivity contribution in [2.75, 3.05) is 0 Å². The quantitative estimate of drug-likeness (QED) is 0.243. The van der Waals surface area contributed by atoms with Crippen molar-refractivity contribution in [2.24, 2.45) is 0 Å². The van der Waals surface area contributed by atoms with Gasteiger partial charge in [-0.1, -0.05) is 60.7 Å². The minimum absolute atomic E-state index is 0.167. The number of pyridine rings is 1. The Morgan fingerprint density at radius 2 is 1.38 bits per heavy atom. The van der Waals surface area contributed by atoms with Crippen molar-refractivity contribution < 1.29 is 4.57 Å². The molecule has 136 valence electrons. The SMILES string of the molecule is CC1n2c(nc3c4ccccc4c4ccccc4c32)-c2ccc3ccccc3[n+]21. The molecule has 6 aromatic rings. The first kappa shape index (κ1) is 15.2. The molecule has 1 aliphatic rings. The Hall–Kier alpha value is -3.72. The zero-order valence-electron chi connectivity index (χ0n) is 16.0. The van der Waals surface area contributed by atoms with E-state index in [1.165, 1.54) is 43.7 Å². The highest BCUT2D eigenvalue weighted by Crippen LogP contribution is 2.40. The summed E-state index contributed by atoms with van der Waals surface area (Å²) in [5.41, 5.74) is 4.76. The molecule has 3 nitrogen and oxygen atoms in total. The third kappa shape index (κ3) is 1.78. The number of aromatic nitrogens is 3. The molecule has 29 heavy (non-hydrogen) atoms. The van der Waals surface area contributed by atoms with Crippen LogP contribution in [-0.2, 0) is 0 Å². The number of hydrogen-bond donors (Lipinski definition) is 0. The van der Waals surface area contributed by atoms with Crippen LogP contribution in [0.5, 0.6) is 0 Å². The van der Waals surface area contributed by atoms with Gasteiger partial charge in [-0.3, -0.25) is 4.57 Å². The lowest BCUT2D eigenvalue weighted by atomic mass is 10.00. The lowest BCUT2D eigenvalue weighted by molar-refractivity contribution is -0.681. The Bertz CT molecular complexity index is 1620. The third-order valence-electron chi connectivity index (χ3n) is 6.42. The van der Waals surface area contributed by atoms with Crippen LogP contribution in [0.15, 0.2) is 84.9 Å². The van der Waals surface area contributed by atoms with Gasteiger partial charge < -0.3 is 0 Å². The van der Waals surface area contributed by atoms with Gasteiger partial charge in [0.15, 0.2) is 0 Å². The predicted molar refractivity (Wildman–Crippen MR) is 118 cm³/mol. The van der Waals surface area contributed by atoms with Crippen molar-refractivity contribution in [2.45, 2.75) is 13.1 Å². The smallest absolute Gasteiger partial charge is 0.251 e. The van der Waals surface area contributed by atoms with Gasteiger partial charge in [-0.15, -0.1) is 0 Å². The second-order valence-electron chi connectivity index (χ2n) is 7.87. The van der Waals surface area contributed by atoms with Gasteiger partial charge in [0.25, 0.3) is 5.69 Å². The highest BCUT2D eigenvalue weighted by Gasteiger charge is 2.38. The first-order chi connectivity index (χ1) is 14.3. The van der Waals surface area contributed by atoms with E-state index in [1.54, 1.807) is 0 Å². The molecule has 0 aliphatic carbocycles. The van der Waals surface area contributed by atoms with Crippen molar-refractivity contribution in [3.05, 3.63) is 84.9 Å². The van der Waals surface area contributed by atoms with E-state index in [-0.39, 0.29) is 6.17 Å². The van der Waals surface area contributed by atoms with E-state index in [0.717, 1.165) is 11.3 Å². The molecule has 1 aliphatic heterocycles. The summed E-state index contributed by atoms with van der Waals surface area (Å²) < 4.78 is 4.84. The van der Waals surface area contributed by atoms with E-state index in [0.29, 0.717) is 0 Å². The number of benzene rings is 4. The average molecular weight is 372 g/mol. The number of para-hydroxylation sites is 1. The Balaban J connectivity index is 1.71. The molecular formula is C26H18N3+. The highest BCUT2D eigenvalue weighted by molar-refractivity contribution is 6.23. The molecule has 1 atom stereocenters. The van der Waals surface area contributed by atoms with Gasteiger partial charge in [-0.25, -0.2) is 4.98 Å². The normalized spacial score (nSPS) is 15.4. The highest BCUT2D eigenvalue weighted by atomic mass is 15.3. The molecule has 3 heteroatoms. The summed E-state index contributed by atoms with van der Waals surface area (Å²) in [7, 11) is 0. The summed E-state index contributed by atoms with van der Waals surface area (Å²) in [6, 6.07) is 30.4. The molecule has 0 spiro atoms. The fourth-order valence-corrected chi connectivity index (χ4v) is 5.20. The molecule has 4 aromatic carbocycles. The zero-order valence-corrected chi connectivity index (χ0v) is 16.0. The van der Waals surface area contributed by atoms with Crippen molar-refractivity contribution in [3.63, 3.8) is 0 Å². The first-order valence-corrected chi connectivity index (χ1v) is 10.1. The second kappa shape index (κ2) is 5.21. The Morgan fingerprint density at radius 1 is 0.724 bits per heavy atom. The molecule has 3 heterocycles. The van der Waals surface area contributed by atoms with Crippen LogP contribution in [0.3, 0.4) is 0 Å². The van der Waals surface area contributed by atoms with Crippen LogP contribution in [0.4, 0.5) is 0 Å². The van der Waals surface area contributed by atoms with E-state index in [1.807, 2.05) is 0 Å². The minimum atomic E-state index is 0.167. The summed E-state index contributed by atoms with van der Waals surface area (Å²) in [4.78, 5) is 5.21. The van der Waals surface area contributed by atoms with Crippen LogP contribution in [0, 0.1) is 0 Å². The van der Waals surface area contributed by atoms with E-state index in [2.05, 4.69) is 101 Å². The van der Waals surface area contributed by atoms with Gasteiger partial charge in [0.2, 0.25) is 17.5 Å². The molecule has 1 unspecified atom stereocenters. The molecule has 0 radical (unpaired) electrons. The lowest BCUT2D eigenvalue weighted by Crippen LogP contribution is -2.39. The summed E-state index contributed by atoms with van der Waals surface area (Å²) >= 11 is 0. The van der Waals surface area contributed by atoms with Gasteiger partial charge >= 0.3 is 0 Å². The van der Waals surface area contributed by atoms with Crippen LogP contribution in [0.1, 0.15) is 13.1 Å². The minimum Gasteiger partial charge on any atom is -0.259 e. The van der Waals surface area contributed by atoms with Gasteiger partial charge in [-0.05, 0) is 22.9 Å². The maximum atomic E-state index is 5.21. The van der Waals surface area contributed by atoms with E-state index in [9.17, 15) is 0 Å². The first-order valence-electron chi connectivity index (χ1n) is 10.1. The van der Waals surface area contributed by atoms with Crippen LogP contribution in [0.25, 0.3) is 55.0 Å².